The zero-order chi connectivity index (χ0) is 21.7. The maximum Gasteiger partial charge on any atom is 0.458 e. The lowest BCUT2D eigenvalue weighted by Gasteiger charge is -2.21. The summed E-state index contributed by atoms with van der Waals surface area (Å²) in [6.07, 6.45) is -10.3. The van der Waals surface area contributed by atoms with Gasteiger partial charge in [-0.15, -0.1) is 0 Å². The van der Waals surface area contributed by atoms with E-state index in [0.29, 0.717) is 23.0 Å². The highest BCUT2D eigenvalue weighted by Gasteiger charge is 2.60. The van der Waals surface area contributed by atoms with Gasteiger partial charge in [0.1, 0.15) is 11.8 Å². The molecule has 0 N–H and O–H groups in total. The number of hydrogen-bond acceptors (Lipinski definition) is 2. The average molecular weight is 450 g/mol. The van der Waals surface area contributed by atoms with E-state index in [1.54, 1.807) is 0 Å². The molecule has 0 saturated heterocycles. The summed E-state index contributed by atoms with van der Waals surface area (Å²) in [6.45, 7) is 2.68. The molecule has 1 aromatic heterocycles. The largest absolute Gasteiger partial charge is 0.458 e. The van der Waals surface area contributed by atoms with Crippen LogP contribution in [0, 0.1) is 11.3 Å². The van der Waals surface area contributed by atoms with Gasteiger partial charge in [0.25, 0.3) is 0 Å². The van der Waals surface area contributed by atoms with Crippen molar-refractivity contribution < 1.29 is 35.1 Å². The molecular formula is C15H5Cl2F8N3. The minimum absolute atomic E-state index is 0.454. The maximum absolute atomic E-state index is 13.5. The lowest BCUT2D eigenvalue weighted by Crippen LogP contribution is -2.37. The molecule has 0 saturated carbocycles. The van der Waals surface area contributed by atoms with Gasteiger partial charge in [0.15, 0.2) is 5.69 Å². The van der Waals surface area contributed by atoms with Gasteiger partial charge in [0, 0.05) is 17.3 Å². The van der Waals surface area contributed by atoms with Crippen LogP contribution in [0.3, 0.4) is 0 Å². The highest BCUT2D eigenvalue weighted by Crippen LogP contribution is 2.45. The van der Waals surface area contributed by atoms with Crippen LogP contribution in [-0.2, 0) is 6.18 Å². The number of nitrogens with zero attached hydrogens (tertiary/aromatic N) is 3. The molecule has 2 rings (SSSR count). The summed E-state index contributed by atoms with van der Waals surface area (Å²) in [5.74, 6) is -5.39. The van der Waals surface area contributed by atoms with Crippen LogP contribution in [0.5, 0.6) is 0 Å². The summed E-state index contributed by atoms with van der Waals surface area (Å²) in [7, 11) is 0. The number of allylic oxidation sites excluding steroid dienone is 1. The summed E-state index contributed by atoms with van der Waals surface area (Å²) in [4.78, 5) is 0. The van der Waals surface area contributed by atoms with Gasteiger partial charge >= 0.3 is 18.3 Å². The maximum atomic E-state index is 13.5. The lowest BCUT2D eigenvalue weighted by molar-refractivity contribution is -0.253. The van der Waals surface area contributed by atoms with Crippen molar-refractivity contribution in [2.75, 3.05) is 0 Å². The Kier molecular flexibility index (Phi) is 5.44. The lowest BCUT2D eigenvalue weighted by atomic mass is 10.0. The number of rotatable bonds is 3. The minimum Gasteiger partial charge on any atom is -0.236 e. The van der Waals surface area contributed by atoms with Gasteiger partial charge in [-0.3, -0.25) is 0 Å². The molecule has 0 unspecified atom stereocenters. The summed E-state index contributed by atoms with van der Waals surface area (Å²) in [5, 5.41) is 11.2. The summed E-state index contributed by atoms with van der Waals surface area (Å²) >= 11 is 11.5. The molecule has 150 valence electrons. The number of aromatic nitrogens is 2. The molecule has 0 atom stereocenters. The first-order valence-electron chi connectivity index (χ1n) is 6.82. The Morgan fingerprint density at radius 2 is 1.54 bits per heavy atom. The Morgan fingerprint density at radius 3 is 1.93 bits per heavy atom. The molecule has 13 heteroatoms. The van der Waals surface area contributed by atoms with Crippen LogP contribution < -0.4 is 0 Å². The van der Waals surface area contributed by atoms with Crippen LogP contribution in [0.2, 0.25) is 10.0 Å². The molecule has 1 heterocycles. The molecule has 0 aliphatic rings. The van der Waals surface area contributed by atoms with Crippen molar-refractivity contribution in [3.8, 4) is 11.8 Å². The predicted octanol–water partition coefficient (Wildman–Crippen LogP) is 6.28. The second-order valence-electron chi connectivity index (χ2n) is 5.28. The number of alkyl halides is 8. The van der Waals surface area contributed by atoms with Gasteiger partial charge in [-0.05, 0) is 12.1 Å². The molecule has 1 aromatic carbocycles. The second-order valence-corrected chi connectivity index (χ2v) is 6.10. The fraction of sp³-hybridized carbons (Fsp3) is 0.200. The van der Waals surface area contributed by atoms with Crippen LogP contribution in [0.4, 0.5) is 35.1 Å². The first-order chi connectivity index (χ1) is 12.6. The van der Waals surface area contributed by atoms with Gasteiger partial charge in [-0.25, -0.2) is 4.68 Å². The van der Waals surface area contributed by atoms with Gasteiger partial charge in [0.2, 0.25) is 0 Å². The first kappa shape index (κ1) is 22.0. The summed E-state index contributed by atoms with van der Waals surface area (Å²) in [6, 6.07) is 2.21. The minimum atomic E-state index is -6.00. The van der Waals surface area contributed by atoms with Gasteiger partial charge in [0.05, 0.1) is 15.6 Å². The quantitative estimate of drug-likeness (QED) is 0.517. The monoisotopic (exact) mass is 449 g/mol. The molecule has 0 radical (unpaired) electrons. The van der Waals surface area contributed by atoms with Gasteiger partial charge in [-0.1, -0.05) is 29.8 Å². The van der Waals surface area contributed by atoms with Crippen molar-refractivity contribution in [2.24, 2.45) is 0 Å². The Hall–Kier alpha value is -2.32. The third kappa shape index (κ3) is 3.79. The van der Waals surface area contributed by atoms with Crippen molar-refractivity contribution in [1.29, 1.82) is 5.26 Å². The molecule has 0 aliphatic heterocycles. The van der Waals surface area contributed by atoms with E-state index < -0.39 is 56.4 Å². The van der Waals surface area contributed by atoms with Crippen LogP contribution in [0.1, 0.15) is 16.8 Å². The number of nitriles is 1. The predicted molar refractivity (Wildman–Crippen MR) is 83.3 cm³/mol. The molecule has 0 amide bonds. The number of benzene rings is 1. The number of hydrogen-bond donors (Lipinski definition) is 0. The Bertz CT molecular complexity index is 960. The van der Waals surface area contributed by atoms with Crippen LogP contribution in [-0.4, -0.2) is 21.9 Å². The molecule has 28 heavy (non-hydrogen) atoms. The highest BCUT2D eigenvalue weighted by atomic mass is 35.5. The third-order valence-corrected chi connectivity index (χ3v) is 4.03. The van der Waals surface area contributed by atoms with Crippen molar-refractivity contribution in [2.45, 2.75) is 18.3 Å². The van der Waals surface area contributed by atoms with Crippen molar-refractivity contribution in [3.05, 3.63) is 51.8 Å². The van der Waals surface area contributed by atoms with E-state index in [-0.39, 0.29) is 0 Å². The fourth-order valence-electron chi connectivity index (χ4n) is 2.08. The molecule has 2 aromatic rings. The highest BCUT2D eigenvalue weighted by molar-refractivity contribution is 6.37. The molecule has 0 spiro atoms. The summed E-state index contributed by atoms with van der Waals surface area (Å²) in [5.41, 5.74) is -5.32. The first-order valence-corrected chi connectivity index (χ1v) is 7.57. The Balaban J connectivity index is 2.64. The van der Waals surface area contributed by atoms with Crippen LogP contribution in [0.15, 0.2) is 24.9 Å². The van der Waals surface area contributed by atoms with E-state index in [9.17, 15) is 35.1 Å². The van der Waals surface area contributed by atoms with Crippen molar-refractivity contribution in [1.82, 2.24) is 9.78 Å². The number of halogens is 10. The average Bonchev–Trinajstić information content (AvgIpc) is 2.95. The molecule has 3 nitrogen and oxygen atoms in total. The van der Waals surface area contributed by atoms with Gasteiger partial charge < -0.3 is 0 Å². The van der Waals surface area contributed by atoms with E-state index in [0.717, 1.165) is 0 Å². The van der Waals surface area contributed by atoms with Gasteiger partial charge in [-0.2, -0.15) is 45.5 Å². The zero-order valence-corrected chi connectivity index (χ0v) is 14.6. The zero-order valence-electron chi connectivity index (χ0n) is 13.1. The van der Waals surface area contributed by atoms with E-state index in [1.807, 2.05) is 0 Å². The van der Waals surface area contributed by atoms with E-state index >= 15 is 0 Å². The topological polar surface area (TPSA) is 41.6 Å². The molecule has 0 bridgehead atoms. The van der Waals surface area contributed by atoms with Crippen LogP contribution in [0.25, 0.3) is 11.3 Å². The Morgan fingerprint density at radius 1 is 1.04 bits per heavy atom. The smallest absolute Gasteiger partial charge is 0.236 e. The fourth-order valence-corrected chi connectivity index (χ4v) is 2.74. The van der Waals surface area contributed by atoms with Crippen molar-refractivity contribution >= 4 is 28.8 Å². The van der Waals surface area contributed by atoms with Crippen LogP contribution >= 0.6 is 23.2 Å². The van der Waals surface area contributed by atoms with E-state index in [1.165, 1.54) is 6.07 Å². The molecule has 0 fully saturated rings. The molecule has 0 aliphatic carbocycles. The third-order valence-electron chi connectivity index (χ3n) is 3.45. The normalized spacial score (nSPS) is 12.8. The SMILES string of the molecule is C=C(c1cn(-c2c(Cl)cc(C(F)(F)F)cc2Cl)nc1C#N)C(F)(F)C(F)(F)F. The standard InChI is InChI=1S/C15H5Cl2F8N3/c1-6(13(18,19)15(23,24)25)8-5-28(27-11(8)4-26)12-9(16)2-7(3-10(12)17)14(20,21)22/h2-3,5H,1H2. The molecular weight excluding hydrogens is 445 g/mol. The van der Waals surface area contributed by atoms with Crippen molar-refractivity contribution in [3.63, 3.8) is 0 Å². The second kappa shape index (κ2) is 6.93. The Labute approximate surface area is 161 Å². The van der Waals surface area contributed by atoms with E-state index in [2.05, 4.69) is 11.7 Å². The summed E-state index contributed by atoms with van der Waals surface area (Å²) < 4.78 is 104. The van der Waals surface area contributed by atoms with E-state index in [4.69, 9.17) is 28.5 Å².